The Labute approximate surface area is 111 Å². The van der Waals surface area contributed by atoms with Crippen molar-refractivity contribution in [3.8, 4) is 5.75 Å². The lowest BCUT2D eigenvalue weighted by atomic mass is 10.1. The molecule has 98 valence electrons. The number of carbonyl (C=O) groups is 1. The second kappa shape index (κ2) is 6.11. The number of ether oxygens (including phenoxy) is 2. The number of amides is 1. The third-order valence-electron chi connectivity index (χ3n) is 2.94. The zero-order valence-electron chi connectivity index (χ0n) is 10.6. The number of methoxy groups -OCH3 is 1. The highest BCUT2D eigenvalue weighted by molar-refractivity contribution is 7.98. The van der Waals surface area contributed by atoms with Crippen LogP contribution in [0.1, 0.15) is 10.4 Å². The van der Waals surface area contributed by atoms with Crippen LogP contribution >= 0.6 is 11.8 Å². The minimum atomic E-state index is 0.0195. The van der Waals surface area contributed by atoms with Gasteiger partial charge in [0.05, 0.1) is 25.9 Å². The summed E-state index contributed by atoms with van der Waals surface area (Å²) in [6.07, 6.45) is 1.99. The van der Waals surface area contributed by atoms with Gasteiger partial charge in [-0.1, -0.05) is 0 Å². The van der Waals surface area contributed by atoms with Crippen molar-refractivity contribution < 1.29 is 14.3 Å². The Morgan fingerprint density at radius 1 is 1.39 bits per heavy atom. The Hall–Kier alpha value is -1.20. The lowest BCUT2D eigenvalue weighted by Crippen LogP contribution is -2.40. The van der Waals surface area contributed by atoms with E-state index < -0.39 is 0 Å². The number of rotatable bonds is 3. The van der Waals surface area contributed by atoms with Gasteiger partial charge in [0.25, 0.3) is 5.91 Å². The van der Waals surface area contributed by atoms with Gasteiger partial charge in [-0.3, -0.25) is 4.79 Å². The van der Waals surface area contributed by atoms with Gasteiger partial charge in [-0.05, 0) is 24.5 Å². The van der Waals surface area contributed by atoms with Crippen molar-refractivity contribution in [2.45, 2.75) is 4.90 Å². The van der Waals surface area contributed by atoms with Crippen molar-refractivity contribution in [1.82, 2.24) is 4.90 Å². The van der Waals surface area contributed by atoms with E-state index in [0.29, 0.717) is 37.6 Å². The lowest BCUT2D eigenvalue weighted by Gasteiger charge is -2.27. The maximum absolute atomic E-state index is 12.4. The van der Waals surface area contributed by atoms with E-state index in [2.05, 4.69) is 0 Å². The van der Waals surface area contributed by atoms with Crippen molar-refractivity contribution in [2.75, 3.05) is 39.7 Å². The predicted molar refractivity (Wildman–Crippen MR) is 71.5 cm³/mol. The molecule has 1 aliphatic rings. The zero-order valence-corrected chi connectivity index (χ0v) is 11.5. The molecule has 1 fully saturated rings. The highest BCUT2D eigenvalue weighted by Crippen LogP contribution is 2.26. The first kappa shape index (κ1) is 13.2. The molecule has 0 bridgehead atoms. The summed E-state index contributed by atoms with van der Waals surface area (Å²) in [5.41, 5.74) is 0.631. The Kier molecular flexibility index (Phi) is 4.49. The van der Waals surface area contributed by atoms with Crippen molar-refractivity contribution in [2.24, 2.45) is 0 Å². The number of carbonyl (C=O) groups excluding carboxylic acids is 1. The van der Waals surface area contributed by atoms with Crippen LogP contribution in [0.15, 0.2) is 23.1 Å². The van der Waals surface area contributed by atoms with E-state index in [0.717, 1.165) is 4.90 Å². The van der Waals surface area contributed by atoms with Crippen LogP contribution in [0.3, 0.4) is 0 Å². The lowest BCUT2D eigenvalue weighted by molar-refractivity contribution is 0.0300. The highest BCUT2D eigenvalue weighted by atomic mass is 32.2. The standard InChI is InChI=1S/C13H17NO3S/c1-16-12-4-3-10(18-2)9-11(12)13(15)14-5-7-17-8-6-14/h3-4,9H,5-8H2,1-2H3. The van der Waals surface area contributed by atoms with Crippen LogP contribution in [0.25, 0.3) is 0 Å². The molecule has 2 rings (SSSR count). The minimum Gasteiger partial charge on any atom is -0.496 e. The molecule has 18 heavy (non-hydrogen) atoms. The van der Waals surface area contributed by atoms with Gasteiger partial charge in [0, 0.05) is 18.0 Å². The van der Waals surface area contributed by atoms with Crippen molar-refractivity contribution >= 4 is 17.7 Å². The fraction of sp³-hybridized carbons (Fsp3) is 0.462. The normalized spacial score (nSPS) is 15.6. The molecule has 1 aromatic carbocycles. The van der Waals surface area contributed by atoms with Gasteiger partial charge in [-0.15, -0.1) is 11.8 Å². The average molecular weight is 267 g/mol. The molecule has 1 heterocycles. The van der Waals surface area contributed by atoms with Crippen molar-refractivity contribution in [3.63, 3.8) is 0 Å². The second-order valence-corrected chi connectivity index (χ2v) is 4.85. The van der Waals surface area contributed by atoms with Gasteiger partial charge < -0.3 is 14.4 Å². The van der Waals surface area contributed by atoms with Gasteiger partial charge in [-0.25, -0.2) is 0 Å². The highest BCUT2D eigenvalue weighted by Gasteiger charge is 2.21. The van der Waals surface area contributed by atoms with Gasteiger partial charge in [0.2, 0.25) is 0 Å². The molecule has 1 saturated heterocycles. The molecule has 0 aromatic heterocycles. The number of benzene rings is 1. The van der Waals surface area contributed by atoms with Crippen LogP contribution in [0.2, 0.25) is 0 Å². The monoisotopic (exact) mass is 267 g/mol. The topological polar surface area (TPSA) is 38.8 Å². The Morgan fingerprint density at radius 2 is 2.11 bits per heavy atom. The molecule has 0 N–H and O–H groups in total. The number of nitrogens with zero attached hydrogens (tertiary/aromatic N) is 1. The number of hydrogen-bond acceptors (Lipinski definition) is 4. The van der Waals surface area contributed by atoms with E-state index in [1.54, 1.807) is 18.9 Å². The SMILES string of the molecule is COc1ccc(SC)cc1C(=O)N1CCOCC1. The van der Waals surface area contributed by atoms with Crippen LogP contribution in [0.4, 0.5) is 0 Å². The third kappa shape index (κ3) is 2.79. The first-order chi connectivity index (χ1) is 8.76. The molecule has 1 aromatic rings. The molecule has 1 aliphatic heterocycles. The van der Waals surface area contributed by atoms with Gasteiger partial charge in [0.1, 0.15) is 5.75 Å². The summed E-state index contributed by atoms with van der Waals surface area (Å²) >= 11 is 1.62. The third-order valence-corrected chi connectivity index (χ3v) is 3.66. The number of thioether (sulfide) groups is 1. The summed E-state index contributed by atoms with van der Waals surface area (Å²) in [6, 6.07) is 5.69. The van der Waals surface area contributed by atoms with Crippen LogP contribution < -0.4 is 4.74 Å². The van der Waals surface area contributed by atoms with E-state index in [4.69, 9.17) is 9.47 Å². The molecule has 1 amide bonds. The molecule has 0 saturated carbocycles. The number of hydrogen-bond donors (Lipinski definition) is 0. The Bertz CT molecular complexity index is 430. The van der Waals surface area contributed by atoms with Crippen LogP contribution in [-0.2, 0) is 4.74 Å². The van der Waals surface area contributed by atoms with E-state index in [-0.39, 0.29) is 5.91 Å². The fourth-order valence-corrected chi connectivity index (χ4v) is 2.36. The second-order valence-electron chi connectivity index (χ2n) is 3.97. The van der Waals surface area contributed by atoms with Crippen LogP contribution in [-0.4, -0.2) is 50.5 Å². The summed E-state index contributed by atoms with van der Waals surface area (Å²) in [5, 5.41) is 0. The fourth-order valence-electron chi connectivity index (χ4n) is 1.92. The molecule has 0 spiro atoms. The van der Waals surface area contributed by atoms with Gasteiger partial charge in [-0.2, -0.15) is 0 Å². The summed E-state index contributed by atoms with van der Waals surface area (Å²) in [4.78, 5) is 15.3. The van der Waals surface area contributed by atoms with Gasteiger partial charge >= 0.3 is 0 Å². The summed E-state index contributed by atoms with van der Waals surface area (Å²) in [6.45, 7) is 2.50. The molecule has 5 heteroatoms. The van der Waals surface area contributed by atoms with Gasteiger partial charge in [0.15, 0.2) is 0 Å². The van der Waals surface area contributed by atoms with Crippen LogP contribution in [0, 0.1) is 0 Å². The first-order valence-corrected chi connectivity index (χ1v) is 7.08. The van der Waals surface area contributed by atoms with Crippen molar-refractivity contribution in [3.05, 3.63) is 23.8 Å². The zero-order chi connectivity index (χ0) is 13.0. The quantitative estimate of drug-likeness (QED) is 0.784. The number of morpholine rings is 1. The molecule has 0 unspecified atom stereocenters. The smallest absolute Gasteiger partial charge is 0.257 e. The van der Waals surface area contributed by atoms with Crippen molar-refractivity contribution in [1.29, 1.82) is 0 Å². The van der Waals surface area contributed by atoms with E-state index in [9.17, 15) is 4.79 Å². The predicted octanol–water partition coefficient (Wildman–Crippen LogP) is 1.89. The summed E-state index contributed by atoms with van der Waals surface area (Å²) in [5.74, 6) is 0.648. The molecule has 0 aliphatic carbocycles. The first-order valence-electron chi connectivity index (χ1n) is 5.85. The molecular weight excluding hydrogens is 250 g/mol. The summed E-state index contributed by atoms with van der Waals surface area (Å²) < 4.78 is 10.5. The summed E-state index contributed by atoms with van der Waals surface area (Å²) in [7, 11) is 1.59. The van der Waals surface area contributed by atoms with E-state index >= 15 is 0 Å². The molecule has 4 nitrogen and oxygen atoms in total. The molecular formula is C13H17NO3S. The maximum atomic E-state index is 12.4. The Balaban J connectivity index is 2.26. The van der Waals surface area contributed by atoms with E-state index in [1.807, 2.05) is 29.4 Å². The van der Waals surface area contributed by atoms with Crippen LogP contribution in [0.5, 0.6) is 5.75 Å². The van der Waals surface area contributed by atoms with E-state index in [1.165, 1.54) is 0 Å². The maximum Gasteiger partial charge on any atom is 0.257 e. The molecule has 0 atom stereocenters. The largest absolute Gasteiger partial charge is 0.496 e. The average Bonchev–Trinajstić information content (AvgIpc) is 2.46. The minimum absolute atomic E-state index is 0.0195. The molecule has 0 radical (unpaired) electrons. The Morgan fingerprint density at radius 3 is 2.72 bits per heavy atom.